The van der Waals surface area contributed by atoms with Gasteiger partial charge in [0.05, 0.1) is 44.5 Å². The van der Waals surface area contributed by atoms with Crippen LogP contribution in [0.4, 0.5) is 34.1 Å². The molecule has 0 fully saturated rings. The van der Waals surface area contributed by atoms with Crippen LogP contribution in [0.3, 0.4) is 0 Å². The fourth-order valence-electron chi connectivity index (χ4n) is 16.0. The van der Waals surface area contributed by atoms with Crippen molar-refractivity contribution in [3.8, 4) is 0 Å². The lowest BCUT2D eigenvalue weighted by Crippen LogP contribution is -2.10. The van der Waals surface area contributed by atoms with Crippen LogP contribution in [0.5, 0.6) is 0 Å². The van der Waals surface area contributed by atoms with Gasteiger partial charge in [-0.1, -0.05) is 206 Å². The summed E-state index contributed by atoms with van der Waals surface area (Å²) in [6.07, 6.45) is 0. The number of nitrogens with zero attached hydrogens (tertiary/aromatic N) is 4. The van der Waals surface area contributed by atoms with Crippen LogP contribution in [-0.2, 0) is 0 Å². The van der Waals surface area contributed by atoms with Crippen molar-refractivity contribution in [3.63, 3.8) is 0 Å². The molecule has 15 aromatic carbocycles. The molecular weight excluding hydrogens is 1200 g/mol. The van der Waals surface area contributed by atoms with Crippen LogP contribution >= 0.6 is 20.1 Å². The number of hydrogen-bond acceptors (Lipinski definition) is 2. The summed E-state index contributed by atoms with van der Waals surface area (Å²) in [5, 5.41) is 9.76. The second-order valence-electron chi connectivity index (χ2n) is 24.7. The molecule has 0 radical (unpaired) electrons. The summed E-state index contributed by atoms with van der Waals surface area (Å²) in [6.45, 7) is 0. The third-order valence-electron chi connectivity index (χ3n) is 19.7. The van der Waals surface area contributed by atoms with Crippen LogP contribution < -0.4 is 9.80 Å². The molecule has 6 heteroatoms. The maximum atomic E-state index is 2.64. The zero-order valence-corrected chi connectivity index (χ0v) is 54.0. The molecule has 0 amide bonds. The Balaban J connectivity index is 0.992. The smallest absolute Gasteiger partial charge is 0.0642 e. The molecule has 0 unspecified atom stereocenters. The van der Waals surface area contributed by atoms with E-state index in [1.165, 1.54) is 115 Å². The maximum absolute atomic E-state index is 2.64. The van der Waals surface area contributed by atoms with Gasteiger partial charge in [-0.05, 0) is 170 Å². The van der Waals surface area contributed by atoms with E-state index in [-0.39, 0.29) is 0 Å². The molecule has 19 rings (SSSR count). The van der Waals surface area contributed by atoms with E-state index in [1.54, 1.807) is 0 Å². The predicted octanol–water partition coefficient (Wildman–Crippen LogP) is 25.6. The van der Waals surface area contributed by atoms with Crippen molar-refractivity contribution in [2.75, 3.05) is 9.80 Å². The Morgan fingerprint density at radius 2 is 0.448 bits per heavy atom. The first kappa shape index (κ1) is 55.8. The minimum absolute atomic E-state index is 1.09. The lowest BCUT2D eigenvalue weighted by atomic mass is 10.0. The van der Waals surface area contributed by atoms with Crippen molar-refractivity contribution >= 4 is 130 Å². The quantitative estimate of drug-likeness (QED) is 0.108. The molecular formula is C90H62N4S2. The van der Waals surface area contributed by atoms with Gasteiger partial charge in [-0.25, -0.2) is 0 Å². The number of para-hydroxylation sites is 4. The molecule has 0 atom stereocenters. The molecule has 0 N–H and O–H groups in total. The highest BCUT2D eigenvalue weighted by Crippen LogP contribution is 2.77. The third-order valence-corrected chi connectivity index (χ3v) is 27.6. The first-order chi connectivity index (χ1) is 47.7. The van der Waals surface area contributed by atoms with E-state index in [4.69, 9.17) is 0 Å². The van der Waals surface area contributed by atoms with Crippen molar-refractivity contribution in [1.29, 1.82) is 0 Å². The fourth-order valence-corrected chi connectivity index (χ4v) is 24.1. The van der Waals surface area contributed by atoms with Crippen molar-refractivity contribution in [3.05, 3.63) is 376 Å². The average molecular weight is 1260 g/mol. The normalized spacial score (nSPS) is 12.5. The lowest BCUT2D eigenvalue weighted by molar-refractivity contribution is 1.25. The van der Waals surface area contributed by atoms with Gasteiger partial charge in [-0.2, -0.15) is 0 Å². The number of benzene rings is 15. The Morgan fingerprint density at radius 1 is 0.198 bits per heavy atom. The SMILES string of the molecule is c1ccc(N(c2ccccc2)c2ccc3c4cc5c(cc4n4c6cccc(S(c7ccccc7)(c7ccccc7)c7ccccc7)c6c2c34)c2ccc(N(c3ccccc3)c3ccccc3)c3c4c(S(c6ccccc6)(c6ccccc6)c6ccccc6)cccc4n5c23)cc1. The second-order valence-corrected chi connectivity index (χ2v) is 30.8. The van der Waals surface area contributed by atoms with E-state index in [1.807, 2.05) is 0 Å². The number of hydrogen-bond donors (Lipinski definition) is 0. The van der Waals surface area contributed by atoms with E-state index in [0.29, 0.717) is 0 Å². The summed E-state index contributed by atoms with van der Waals surface area (Å²) in [7, 11) is -4.39. The Morgan fingerprint density at radius 3 is 0.708 bits per heavy atom. The molecule has 4 aromatic heterocycles. The van der Waals surface area contributed by atoms with Gasteiger partial charge in [0, 0.05) is 105 Å². The molecule has 96 heavy (non-hydrogen) atoms. The van der Waals surface area contributed by atoms with E-state index in [0.717, 1.165) is 34.1 Å². The van der Waals surface area contributed by atoms with Crippen molar-refractivity contribution < 1.29 is 0 Å². The van der Waals surface area contributed by atoms with Gasteiger partial charge in [-0.3, -0.25) is 0 Å². The van der Waals surface area contributed by atoms with Gasteiger partial charge in [-0.15, -0.1) is 20.1 Å². The van der Waals surface area contributed by atoms with Gasteiger partial charge >= 0.3 is 0 Å². The van der Waals surface area contributed by atoms with Gasteiger partial charge in [0.25, 0.3) is 0 Å². The fraction of sp³-hybridized carbons (Fsp3) is 0. The number of aromatic nitrogens is 2. The van der Waals surface area contributed by atoms with Crippen LogP contribution in [0.25, 0.3) is 76.2 Å². The third kappa shape index (κ3) is 8.13. The van der Waals surface area contributed by atoms with Crippen molar-refractivity contribution in [2.45, 2.75) is 39.2 Å². The Kier molecular flexibility index (Phi) is 13.1. The van der Waals surface area contributed by atoms with E-state index < -0.39 is 20.1 Å². The summed E-state index contributed by atoms with van der Waals surface area (Å²) >= 11 is 0. The molecule has 19 aromatic rings. The zero-order chi connectivity index (χ0) is 63.3. The molecule has 0 spiro atoms. The number of anilines is 6. The molecule has 0 saturated heterocycles. The van der Waals surface area contributed by atoms with Crippen molar-refractivity contribution in [2.24, 2.45) is 0 Å². The molecule has 0 bridgehead atoms. The van der Waals surface area contributed by atoms with Crippen LogP contribution in [0.15, 0.2) is 415 Å². The average Bonchev–Trinajstić information content (AvgIpc) is 1.49. The highest BCUT2D eigenvalue weighted by molar-refractivity contribution is 8.34. The number of fused-ring (bicyclic) bond motifs is 12. The topological polar surface area (TPSA) is 15.3 Å². The minimum Gasteiger partial charge on any atom is -0.310 e. The monoisotopic (exact) mass is 1260 g/mol. The maximum Gasteiger partial charge on any atom is 0.0642 e. The second kappa shape index (κ2) is 22.5. The highest BCUT2D eigenvalue weighted by Gasteiger charge is 2.40. The molecule has 0 aliphatic heterocycles. The van der Waals surface area contributed by atoms with E-state index in [9.17, 15) is 0 Å². The molecule has 4 heterocycles. The van der Waals surface area contributed by atoms with Crippen LogP contribution in [0.1, 0.15) is 0 Å². The molecule has 4 nitrogen and oxygen atoms in total. The Hall–Kier alpha value is -11.8. The van der Waals surface area contributed by atoms with Gasteiger partial charge in [0.15, 0.2) is 0 Å². The first-order valence-corrected chi connectivity index (χ1v) is 36.2. The predicted molar refractivity (Wildman–Crippen MR) is 405 cm³/mol. The van der Waals surface area contributed by atoms with Crippen LogP contribution in [0.2, 0.25) is 0 Å². The summed E-state index contributed by atoms with van der Waals surface area (Å²) in [5.74, 6) is 0. The zero-order valence-electron chi connectivity index (χ0n) is 52.4. The van der Waals surface area contributed by atoms with E-state index in [2.05, 4.69) is 395 Å². The van der Waals surface area contributed by atoms with Gasteiger partial charge in [0.2, 0.25) is 0 Å². The van der Waals surface area contributed by atoms with Crippen LogP contribution in [-0.4, -0.2) is 8.80 Å². The van der Waals surface area contributed by atoms with Gasteiger partial charge in [0.1, 0.15) is 0 Å². The summed E-state index contributed by atoms with van der Waals surface area (Å²) in [6, 6.07) is 141. The summed E-state index contributed by atoms with van der Waals surface area (Å²) in [4.78, 5) is 15.3. The molecule has 0 aliphatic rings. The van der Waals surface area contributed by atoms with Crippen LogP contribution in [0, 0.1) is 0 Å². The van der Waals surface area contributed by atoms with E-state index >= 15 is 0 Å². The first-order valence-electron chi connectivity index (χ1n) is 32.9. The largest absolute Gasteiger partial charge is 0.310 e. The minimum atomic E-state index is -2.20. The molecule has 454 valence electrons. The molecule has 0 saturated carbocycles. The summed E-state index contributed by atoms with van der Waals surface area (Å²) in [5.41, 5.74) is 13.7. The Bertz CT molecular complexity index is 5390. The van der Waals surface area contributed by atoms with Gasteiger partial charge < -0.3 is 18.6 Å². The number of rotatable bonds is 14. The molecule has 0 aliphatic carbocycles. The summed E-state index contributed by atoms with van der Waals surface area (Å²) < 4.78 is 5.28. The van der Waals surface area contributed by atoms with Crippen molar-refractivity contribution in [1.82, 2.24) is 8.80 Å². The lowest BCUT2D eigenvalue weighted by Gasteiger charge is -2.42. The highest BCUT2D eigenvalue weighted by atomic mass is 32.3. The Labute approximate surface area is 560 Å². The standard InChI is InChI=1S/C90H62N4S2/c1-11-33-63(34-12-1)91(64-35-13-2-14-36-64)79-59-57-73-75-61-82-76(62-81(75)93-77-53-31-55-83(85(77)87(79)89(73)93)95(67-41-19-5-20-42-67,68-43-21-6-22-44-68)69-45-23-7-24-46-69)74-58-60-80(92(65-37-15-3-16-38-65)66-39-17-4-18-40-66)88-86-78(94(82)90(74)88)54-32-56-84(86)96(70-47-25-8-26-48-70,71-49-27-9-28-50-71)72-51-29-10-30-52-72/h1-62H.